The summed E-state index contributed by atoms with van der Waals surface area (Å²) in [7, 11) is 0. The Hall–Kier alpha value is -2.05. The van der Waals surface area contributed by atoms with Crippen molar-refractivity contribution in [3.05, 3.63) is 12.3 Å². The van der Waals surface area contributed by atoms with Crippen LogP contribution in [-0.4, -0.2) is 42.8 Å². The van der Waals surface area contributed by atoms with E-state index in [1.807, 2.05) is 41.5 Å². The van der Waals surface area contributed by atoms with Gasteiger partial charge in [-0.1, -0.05) is 20.4 Å². The van der Waals surface area contributed by atoms with Gasteiger partial charge in [0.1, 0.15) is 18.0 Å². The Bertz CT molecular complexity index is 768. The molecule has 0 radical (unpaired) electrons. The number of hydrogen-bond acceptors (Lipinski definition) is 7. The SMILES string of the molecule is C=C1OCCC1OC(=O)C(C)(C)CC.CCC(C)(C)C(=O)OC1C2CC3C(=O)OC1C3C2. The molecule has 2 heterocycles. The van der Waals surface area contributed by atoms with Gasteiger partial charge < -0.3 is 18.9 Å². The molecule has 0 spiro atoms. The molecule has 2 bridgehead atoms. The molecule has 4 fully saturated rings. The lowest BCUT2D eigenvalue weighted by Gasteiger charge is -2.29. The van der Waals surface area contributed by atoms with Gasteiger partial charge in [-0.3, -0.25) is 14.4 Å². The highest BCUT2D eigenvalue weighted by Gasteiger charge is 2.63. The lowest BCUT2D eigenvalue weighted by atomic mass is 9.87. The van der Waals surface area contributed by atoms with E-state index in [1.54, 1.807) is 0 Å². The van der Waals surface area contributed by atoms with E-state index in [9.17, 15) is 14.4 Å². The minimum atomic E-state index is -0.455. The number of carbonyl (C=O) groups is 3. The molecule has 2 aliphatic heterocycles. The summed E-state index contributed by atoms with van der Waals surface area (Å²) in [5.41, 5.74) is -0.868. The minimum Gasteiger partial charge on any atom is -0.494 e. The zero-order chi connectivity index (χ0) is 23.8. The van der Waals surface area contributed by atoms with Crippen LogP contribution in [0, 0.1) is 28.6 Å². The Morgan fingerprint density at radius 1 is 1.03 bits per heavy atom. The quantitative estimate of drug-likeness (QED) is 0.443. The molecule has 2 saturated carbocycles. The molecule has 7 nitrogen and oxygen atoms in total. The van der Waals surface area contributed by atoms with Gasteiger partial charge in [-0.15, -0.1) is 0 Å². The molecule has 2 saturated heterocycles. The Kier molecular flexibility index (Phi) is 6.97. The van der Waals surface area contributed by atoms with Crippen molar-refractivity contribution in [3.8, 4) is 0 Å². The van der Waals surface area contributed by atoms with Crippen LogP contribution < -0.4 is 0 Å². The first kappa shape index (κ1) is 24.6. The van der Waals surface area contributed by atoms with Crippen LogP contribution in [-0.2, 0) is 33.3 Å². The molecule has 4 aliphatic rings. The molecule has 4 rings (SSSR count). The summed E-state index contributed by atoms with van der Waals surface area (Å²) in [6.45, 7) is 15.8. The van der Waals surface area contributed by atoms with E-state index < -0.39 is 10.8 Å². The molecule has 0 aromatic heterocycles. The van der Waals surface area contributed by atoms with Crippen molar-refractivity contribution in [2.75, 3.05) is 6.61 Å². The Morgan fingerprint density at radius 2 is 1.62 bits per heavy atom. The fourth-order valence-electron chi connectivity index (χ4n) is 4.60. The molecule has 180 valence electrons. The second-order valence-corrected chi connectivity index (χ2v) is 10.7. The van der Waals surface area contributed by atoms with Crippen LogP contribution in [0.15, 0.2) is 12.3 Å². The predicted molar refractivity (Wildman–Crippen MR) is 117 cm³/mol. The van der Waals surface area contributed by atoms with Gasteiger partial charge in [0.25, 0.3) is 0 Å². The van der Waals surface area contributed by atoms with Gasteiger partial charge in [-0.25, -0.2) is 0 Å². The standard InChI is InChI=1S/C14H20O4.C11H18O3/c1-4-14(2,3)13(16)18-10-7-5-8-9(6-7)12(15)17-11(8)10;1-5-11(3,4)10(12)14-9-6-7-13-8(9)2/h7-11H,4-6H2,1-3H3;9H,2,5-7H2,1,3-4H3. The van der Waals surface area contributed by atoms with E-state index in [0.717, 1.165) is 32.1 Å². The van der Waals surface area contributed by atoms with E-state index in [0.29, 0.717) is 24.2 Å². The summed E-state index contributed by atoms with van der Waals surface area (Å²) in [5.74, 6) is 0.858. The number of rotatable bonds is 6. The molecule has 6 unspecified atom stereocenters. The third-order valence-corrected chi connectivity index (χ3v) is 7.81. The average molecular weight is 451 g/mol. The maximum Gasteiger partial charge on any atom is 0.312 e. The predicted octanol–water partition coefficient (Wildman–Crippen LogP) is 4.18. The smallest absolute Gasteiger partial charge is 0.312 e. The first-order valence-corrected chi connectivity index (χ1v) is 11.9. The fourth-order valence-corrected chi connectivity index (χ4v) is 4.60. The largest absolute Gasteiger partial charge is 0.494 e. The molecular formula is C25H38O7. The number of fused-ring (bicyclic) bond motifs is 1. The van der Waals surface area contributed by atoms with E-state index >= 15 is 0 Å². The van der Waals surface area contributed by atoms with E-state index in [-0.39, 0.29) is 42.1 Å². The zero-order valence-corrected chi connectivity index (χ0v) is 20.3. The van der Waals surface area contributed by atoms with Gasteiger partial charge in [0, 0.05) is 18.3 Å². The van der Waals surface area contributed by atoms with Gasteiger partial charge in [0.15, 0.2) is 6.10 Å². The number of esters is 3. The van der Waals surface area contributed by atoms with Crippen molar-refractivity contribution in [3.63, 3.8) is 0 Å². The van der Waals surface area contributed by atoms with Crippen molar-refractivity contribution < 1.29 is 33.3 Å². The first-order valence-electron chi connectivity index (χ1n) is 11.9. The van der Waals surface area contributed by atoms with E-state index in [2.05, 4.69) is 6.58 Å². The third-order valence-electron chi connectivity index (χ3n) is 7.81. The lowest BCUT2D eigenvalue weighted by molar-refractivity contribution is -0.170. The highest BCUT2D eigenvalue weighted by molar-refractivity contribution is 5.78. The molecule has 32 heavy (non-hydrogen) atoms. The summed E-state index contributed by atoms with van der Waals surface area (Å²) in [6.07, 6.45) is 3.45. The highest BCUT2D eigenvalue weighted by atomic mass is 16.6. The second-order valence-electron chi connectivity index (χ2n) is 10.7. The summed E-state index contributed by atoms with van der Waals surface area (Å²) in [4.78, 5) is 35.4. The van der Waals surface area contributed by atoms with Crippen molar-refractivity contribution in [1.82, 2.24) is 0 Å². The summed E-state index contributed by atoms with van der Waals surface area (Å²) >= 11 is 0. The maximum atomic E-state index is 12.1. The Labute approximate surface area is 191 Å². The van der Waals surface area contributed by atoms with Crippen molar-refractivity contribution in [2.24, 2.45) is 28.6 Å². The summed E-state index contributed by atoms with van der Waals surface area (Å²) in [5, 5.41) is 0. The highest BCUT2D eigenvalue weighted by Crippen LogP contribution is 2.55. The average Bonchev–Trinajstić information content (AvgIpc) is 3.47. The van der Waals surface area contributed by atoms with Crippen LogP contribution in [0.4, 0.5) is 0 Å². The fraction of sp³-hybridized carbons (Fsp3) is 0.800. The van der Waals surface area contributed by atoms with Crippen molar-refractivity contribution >= 4 is 17.9 Å². The third kappa shape index (κ3) is 4.67. The minimum absolute atomic E-state index is 0.0779. The van der Waals surface area contributed by atoms with Crippen molar-refractivity contribution in [2.45, 2.75) is 92.0 Å². The van der Waals surface area contributed by atoms with E-state index in [4.69, 9.17) is 18.9 Å². The monoisotopic (exact) mass is 450 g/mol. The van der Waals surface area contributed by atoms with Gasteiger partial charge in [0.05, 0.1) is 23.4 Å². The molecule has 0 aromatic rings. The number of carbonyl (C=O) groups excluding carboxylic acids is 3. The van der Waals surface area contributed by atoms with Crippen LogP contribution in [0.5, 0.6) is 0 Å². The summed E-state index contributed by atoms with van der Waals surface area (Å²) < 4.78 is 21.5. The normalized spacial score (nSPS) is 32.7. The summed E-state index contributed by atoms with van der Waals surface area (Å²) in [6, 6.07) is 0. The van der Waals surface area contributed by atoms with Gasteiger partial charge in [0.2, 0.25) is 0 Å². The molecular weight excluding hydrogens is 412 g/mol. The number of ether oxygens (including phenoxy) is 4. The topological polar surface area (TPSA) is 88.1 Å². The van der Waals surface area contributed by atoms with Crippen LogP contribution in [0.2, 0.25) is 0 Å². The molecule has 7 heteroatoms. The van der Waals surface area contributed by atoms with Crippen LogP contribution in [0.3, 0.4) is 0 Å². The molecule has 2 aliphatic carbocycles. The molecule has 0 aromatic carbocycles. The maximum absolute atomic E-state index is 12.1. The second kappa shape index (κ2) is 9.06. The zero-order valence-electron chi connectivity index (χ0n) is 20.3. The molecule has 6 atom stereocenters. The lowest BCUT2D eigenvalue weighted by Crippen LogP contribution is -2.39. The first-order chi connectivity index (χ1) is 14.9. The van der Waals surface area contributed by atoms with Crippen molar-refractivity contribution in [1.29, 1.82) is 0 Å². The van der Waals surface area contributed by atoms with Crippen LogP contribution >= 0.6 is 0 Å². The molecule has 0 N–H and O–H groups in total. The van der Waals surface area contributed by atoms with Crippen LogP contribution in [0.25, 0.3) is 0 Å². The number of hydrogen-bond donors (Lipinski definition) is 0. The van der Waals surface area contributed by atoms with Gasteiger partial charge in [-0.05, 0) is 53.4 Å². The van der Waals surface area contributed by atoms with Crippen LogP contribution in [0.1, 0.15) is 73.6 Å². The van der Waals surface area contributed by atoms with E-state index in [1.165, 1.54) is 0 Å². The van der Waals surface area contributed by atoms with Gasteiger partial charge >= 0.3 is 17.9 Å². The molecule has 0 amide bonds. The van der Waals surface area contributed by atoms with Gasteiger partial charge in [-0.2, -0.15) is 0 Å². The Morgan fingerprint density at radius 3 is 2.16 bits per heavy atom. The Balaban J connectivity index is 0.000000188.